The van der Waals surface area contributed by atoms with Gasteiger partial charge in [0, 0.05) is 21.1 Å². The maximum atomic E-state index is 13.5. The van der Waals surface area contributed by atoms with E-state index in [0.717, 1.165) is 8.95 Å². The third-order valence-corrected chi connectivity index (χ3v) is 4.60. The number of carbonyl (C=O) groups excluding carboxylic acids is 1. The van der Waals surface area contributed by atoms with E-state index in [1.807, 2.05) is 5.38 Å². The number of benzene rings is 1. The second-order valence-corrected chi connectivity index (χ2v) is 6.20. The summed E-state index contributed by atoms with van der Waals surface area (Å²) in [6, 6.07) is 6.45. The number of carbonyl (C=O) groups is 1. The van der Waals surface area contributed by atoms with E-state index in [1.165, 1.54) is 17.4 Å². The fourth-order valence-electron chi connectivity index (χ4n) is 1.39. The second-order valence-electron chi connectivity index (χ2n) is 3.52. The van der Waals surface area contributed by atoms with Crippen LogP contribution in [0, 0.1) is 5.82 Å². The summed E-state index contributed by atoms with van der Waals surface area (Å²) in [5.41, 5.74) is 0.449. The van der Waals surface area contributed by atoms with Gasteiger partial charge in [-0.15, -0.1) is 11.3 Å². The van der Waals surface area contributed by atoms with Crippen molar-refractivity contribution in [3.63, 3.8) is 0 Å². The van der Waals surface area contributed by atoms with Crippen molar-refractivity contribution in [3.8, 4) is 0 Å². The number of hydrogen-bond donors (Lipinski definition) is 1. The highest BCUT2D eigenvalue weighted by molar-refractivity contribution is 9.10. The van der Waals surface area contributed by atoms with Gasteiger partial charge in [-0.3, -0.25) is 4.79 Å². The molecule has 0 spiro atoms. The van der Waals surface area contributed by atoms with Gasteiger partial charge in [-0.1, -0.05) is 15.9 Å². The first-order valence-electron chi connectivity index (χ1n) is 5.03. The van der Waals surface area contributed by atoms with Crippen molar-refractivity contribution in [2.24, 2.45) is 0 Å². The molecule has 0 saturated carbocycles. The van der Waals surface area contributed by atoms with Crippen LogP contribution in [0.25, 0.3) is 0 Å². The van der Waals surface area contributed by atoms with E-state index >= 15 is 0 Å². The molecule has 1 N–H and O–H groups in total. The highest BCUT2D eigenvalue weighted by Crippen LogP contribution is 2.22. The van der Waals surface area contributed by atoms with Crippen LogP contribution in [-0.2, 0) is 6.54 Å². The van der Waals surface area contributed by atoms with Gasteiger partial charge in [0.1, 0.15) is 10.7 Å². The molecule has 6 heteroatoms. The number of nitrogens with one attached hydrogen (secondary N) is 1. The first kappa shape index (κ1) is 13.7. The summed E-state index contributed by atoms with van der Waals surface area (Å²) in [7, 11) is 0. The molecule has 0 aliphatic rings. The van der Waals surface area contributed by atoms with E-state index in [0.29, 0.717) is 10.4 Å². The lowest BCUT2D eigenvalue weighted by Crippen LogP contribution is -2.22. The van der Waals surface area contributed by atoms with Gasteiger partial charge in [-0.25, -0.2) is 4.39 Å². The van der Waals surface area contributed by atoms with Crippen molar-refractivity contribution in [2.45, 2.75) is 6.54 Å². The van der Waals surface area contributed by atoms with Gasteiger partial charge < -0.3 is 5.32 Å². The minimum atomic E-state index is -0.330. The third-order valence-electron chi connectivity index (χ3n) is 2.27. The van der Waals surface area contributed by atoms with Gasteiger partial charge in [0.05, 0.1) is 0 Å². The smallest absolute Gasteiger partial charge is 0.262 e. The molecule has 0 unspecified atom stereocenters. The van der Waals surface area contributed by atoms with E-state index in [1.54, 1.807) is 18.2 Å². The zero-order valence-electron chi connectivity index (χ0n) is 9.04. The Morgan fingerprint density at radius 1 is 1.33 bits per heavy atom. The molecule has 94 valence electrons. The molecule has 0 bridgehead atoms. The second kappa shape index (κ2) is 5.95. The van der Waals surface area contributed by atoms with Crippen LogP contribution in [0.5, 0.6) is 0 Å². The molecule has 18 heavy (non-hydrogen) atoms. The predicted octanol–water partition coefficient (Wildman–Crippen LogP) is 4.34. The molecule has 0 radical (unpaired) electrons. The van der Waals surface area contributed by atoms with Crippen molar-refractivity contribution in [2.75, 3.05) is 0 Å². The van der Waals surface area contributed by atoms with Gasteiger partial charge in [0.25, 0.3) is 5.91 Å². The standard InChI is InChI=1S/C12H8Br2FNOS/c13-8-1-2-10(15)7(5-8)6-16-12(17)11-9(14)3-4-18-11/h1-5H,6H2,(H,16,17). The molecule has 2 nitrogen and oxygen atoms in total. The first-order chi connectivity index (χ1) is 8.58. The summed E-state index contributed by atoms with van der Waals surface area (Å²) in [6.45, 7) is 0.161. The van der Waals surface area contributed by atoms with Crippen LogP contribution in [0.2, 0.25) is 0 Å². The van der Waals surface area contributed by atoms with Crippen LogP contribution in [0.15, 0.2) is 38.6 Å². The lowest BCUT2D eigenvalue weighted by atomic mass is 10.2. The first-order valence-corrected chi connectivity index (χ1v) is 7.49. The number of halogens is 3. The largest absolute Gasteiger partial charge is 0.347 e. The average Bonchev–Trinajstić information content (AvgIpc) is 2.76. The number of thiophene rings is 1. The Morgan fingerprint density at radius 2 is 2.11 bits per heavy atom. The predicted molar refractivity (Wildman–Crippen MR) is 77.3 cm³/mol. The van der Waals surface area contributed by atoms with Crippen molar-refractivity contribution in [3.05, 3.63) is 54.8 Å². The number of amides is 1. The molecule has 2 aromatic rings. The molecule has 0 atom stereocenters. The molecule has 1 aromatic heterocycles. The van der Waals surface area contributed by atoms with Gasteiger partial charge in [0.2, 0.25) is 0 Å². The molecule has 0 saturated heterocycles. The Balaban J connectivity index is 2.06. The summed E-state index contributed by atoms with van der Waals surface area (Å²) >= 11 is 7.89. The van der Waals surface area contributed by atoms with Crippen LogP contribution in [0.3, 0.4) is 0 Å². The number of hydrogen-bond acceptors (Lipinski definition) is 2. The Hall–Kier alpha value is -0.720. The van der Waals surface area contributed by atoms with Crippen molar-refractivity contribution in [1.29, 1.82) is 0 Å². The lowest BCUT2D eigenvalue weighted by Gasteiger charge is -2.06. The van der Waals surface area contributed by atoms with Crippen LogP contribution in [-0.4, -0.2) is 5.91 Å². The quantitative estimate of drug-likeness (QED) is 0.826. The third kappa shape index (κ3) is 3.18. The highest BCUT2D eigenvalue weighted by Gasteiger charge is 2.12. The zero-order chi connectivity index (χ0) is 13.1. The van der Waals surface area contributed by atoms with Gasteiger partial charge >= 0.3 is 0 Å². The van der Waals surface area contributed by atoms with Crippen LogP contribution in [0.1, 0.15) is 15.2 Å². The van der Waals surface area contributed by atoms with E-state index in [-0.39, 0.29) is 18.3 Å². The Bertz CT molecular complexity index is 585. The SMILES string of the molecule is O=C(NCc1cc(Br)ccc1F)c1sccc1Br. The normalized spacial score (nSPS) is 10.4. The monoisotopic (exact) mass is 391 g/mol. The summed E-state index contributed by atoms with van der Waals surface area (Å²) in [5, 5.41) is 4.51. The zero-order valence-corrected chi connectivity index (χ0v) is 13.0. The summed E-state index contributed by atoms with van der Waals surface area (Å²) in [6.07, 6.45) is 0. The fraction of sp³-hybridized carbons (Fsp3) is 0.0833. The van der Waals surface area contributed by atoms with Crippen LogP contribution in [0.4, 0.5) is 4.39 Å². The van der Waals surface area contributed by atoms with E-state index in [9.17, 15) is 9.18 Å². The molecular weight excluding hydrogens is 385 g/mol. The van der Waals surface area contributed by atoms with Gasteiger partial charge in [-0.2, -0.15) is 0 Å². The maximum Gasteiger partial charge on any atom is 0.262 e. The topological polar surface area (TPSA) is 29.1 Å². The number of rotatable bonds is 3. The van der Waals surface area contributed by atoms with Crippen LogP contribution < -0.4 is 5.32 Å². The molecule has 1 amide bonds. The lowest BCUT2D eigenvalue weighted by molar-refractivity contribution is 0.0954. The summed E-state index contributed by atoms with van der Waals surface area (Å²) in [4.78, 5) is 12.4. The molecule has 1 heterocycles. The Morgan fingerprint density at radius 3 is 2.78 bits per heavy atom. The summed E-state index contributed by atoms with van der Waals surface area (Å²) in [5.74, 6) is -0.542. The van der Waals surface area contributed by atoms with E-state index in [2.05, 4.69) is 37.2 Å². The Kier molecular flexibility index (Phi) is 4.53. The minimum Gasteiger partial charge on any atom is -0.347 e. The molecule has 0 aliphatic carbocycles. The average molecular weight is 393 g/mol. The maximum absolute atomic E-state index is 13.5. The van der Waals surface area contributed by atoms with E-state index < -0.39 is 0 Å². The minimum absolute atomic E-state index is 0.161. The van der Waals surface area contributed by atoms with Crippen molar-refractivity contribution < 1.29 is 9.18 Å². The highest BCUT2D eigenvalue weighted by atomic mass is 79.9. The van der Waals surface area contributed by atoms with E-state index in [4.69, 9.17) is 0 Å². The van der Waals surface area contributed by atoms with Crippen molar-refractivity contribution >= 4 is 49.1 Å². The molecule has 0 aliphatic heterocycles. The molecule has 2 rings (SSSR count). The summed E-state index contributed by atoms with van der Waals surface area (Å²) < 4.78 is 15.0. The van der Waals surface area contributed by atoms with Crippen LogP contribution >= 0.6 is 43.2 Å². The molecule has 1 aromatic carbocycles. The fourth-order valence-corrected chi connectivity index (χ4v) is 3.27. The van der Waals surface area contributed by atoms with Gasteiger partial charge in [-0.05, 0) is 45.6 Å². The van der Waals surface area contributed by atoms with Gasteiger partial charge in [0.15, 0.2) is 0 Å². The van der Waals surface area contributed by atoms with Crippen molar-refractivity contribution in [1.82, 2.24) is 5.32 Å². The molecule has 0 fully saturated rings. The Labute approximate surface area is 124 Å². The molecular formula is C12H8Br2FNOS.